The fourth-order valence-electron chi connectivity index (χ4n) is 2.66. The van der Waals surface area contributed by atoms with E-state index in [1.54, 1.807) is 6.92 Å². The summed E-state index contributed by atoms with van der Waals surface area (Å²) >= 11 is 1.52. The Bertz CT molecular complexity index is 902. The Hall–Kier alpha value is -1.92. The van der Waals surface area contributed by atoms with Gasteiger partial charge in [-0.2, -0.15) is 4.37 Å². The van der Waals surface area contributed by atoms with Crippen molar-refractivity contribution in [3.63, 3.8) is 0 Å². The van der Waals surface area contributed by atoms with Crippen LogP contribution in [0.25, 0.3) is 0 Å². The monoisotopic (exact) mass is 584 g/mol. The van der Waals surface area contributed by atoms with E-state index in [1.165, 1.54) is 29.6 Å². The summed E-state index contributed by atoms with van der Waals surface area (Å²) in [4.78, 5) is 10.0. The first-order valence-corrected chi connectivity index (χ1v) is 14.2. The van der Waals surface area contributed by atoms with Crippen molar-refractivity contribution in [2.75, 3.05) is 39.6 Å². The Balaban J connectivity index is 0.000000492. The predicted molar refractivity (Wildman–Crippen MR) is 161 cm³/mol. The number of Topliss-reactive ketones (excluding diaryl/α,β-unsaturated/α-hetero) is 1. The van der Waals surface area contributed by atoms with E-state index in [1.807, 2.05) is 55.4 Å². The van der Waals surface area contributed by atoms with Crippen LogP contribution in [0.4, 0.5) is 0 Å². The van der Waals surface area contributed by atoms with E-state index >= 15 is 0 Å². The van der Waals surface area contributed by atoms with E-state index in [2.05, 4.69) is 29.8 Å². The van der Waals surface area contributed by atoms with Crippen LogP contribution in [0, 0.1) is 13.8 Å². The maximum atomic E-state index is 10.0. The summed E-state index contributed by atoms with van der Waals surface area (Å²) in [6, 6.07) is 0. The largest absolute Gasteiger partial charge is 0.402 e. The number of nitrogens with two attached hydrogens (primary N) is 1. The van der Waals surface area contributed by atoms with Crippen molar-refractivity contribution in [1.82, 2.24) is 4.37 Å². The molecule has 4 rings (SSSR count). The van der Waals surface area contributed by atoms with Gasteiger partial charge in [0, 0.05) is 11.1 Å². The second-order valence-corrected chi connectivity index (χ2v) is 10.9. The van der Waals surface area contributed by atoms with Gasteiger partial charge in [-0.25, -0.2) is 0 Å². The van der Waals surface area contributed by atoms with Crippen molar-refractivity contribution >= 4 is 17.3 Å². The highest BCUT2D eigenvalue weighted by Crippen LogP contribution is 2.37. The summed E-state index contributed by atoms with van der Waals surface area (Å²) in [6.07, 6.45) is 0. The van der Waals surface area contributed by atoms with Crippen molar-refractivity contribution in [1.29, 1.82) is 0 Å². The first-order valence-electron chi connectivity index (χ1n) is 13.3. The van der Waals surface area contributed by atoms with Gasteiger partial charge in [0.25, 0.3) is 0 Å². The first kappa shape index (κ1) is 38.1. The Kier molecular flexibility index (Phi) is 16.9. The van der Waals surface area contributed by atoms with Gasteiger partial charge in [-0.15, -0.1) is 0 Å². The van der Waals surface area contributed by atoms with Crippen LogP contribution >= 0.6 is 11.5 Å². The molecule has 0 bridgehead atoms. The molecule has 4 heterocycles. The molecule has 3 fully saturated rings. The van der Waals surface area contributed by atoms with Crippen molar-refractivity contribution in [3.8, 4) is 0 Å². The van der Waals surface area contributed by atoms with Crippen molar-refractivity contribution < 1.29 is 33.2 Å². The summed E-state index contributed by atoms with van der Waals surface area (Å²) < 4.78 is 36.4. The summed E-state index contributed by atoms with van der Waals surface area (Å²) in [5, 5.41) is 2.05. The molecule has 0 spiro atoms. The number of carbonyl (C=O) groups is 1. The van der Waals surface area contributed by atoms with Gasteiger partial charge in [0.05, 0.1) is 45.3 Å². The molecule has 0 atom stereocenters. The molecule has 230 valence electrons. The molecule has 10 heteroatoms. The fourth-order valence-corrected chi connectivity index (χ4v) is 3.34. The highest BCUT2D eigenvalue weighted by Gasteiger charge is 2.54. The van der Waals surface area contributed by atoms with Crippen LogP contribution in [0.2, 0.25) is 0 Å². The summed E-state index contributed by atoms with van der Waals surface area (Å²) in [7, 11) is 0. The Morgan fingerprint density at radius 1 is 0.800 bits per heavy atom. The minimum Gasteiger partial charge on any atom is -0.402 e. The van der Waals surface area contributed by atoms with Crippen molar-refractivity contribution in [2.24, 2.45) is 5.73 Å². The number of hydrogen-bond donors (Lipinski definition) is 1. The zero-order valence-corrected chi connectivity index (χ0v) is 27.3. The number of ketones is 1. The molecule has 1 aromatic heterocycles. The second kappa shape index (κ2) is 17.8. The van der Waals surface area contributed by atoms with Crippen LogP contribution in [-0.2, 0) is 33.2 Å². The number of ether oxygens (including phenoxy) is 6. The number of carbonyl (C=O) groups excluding carboxylic acids is 1. The Morgan fingerprint density at radius 2 is 1.12 bits per heavy atom. The third-order valence-corrected chi connectivity index (χ3v) is 7.33. The third-order valence-electron chi connectivity index (χ3n) is 6.49. The molecule has 40 heavy (non-hydrogen) atoms. The predicted octanol–water partition coefficient (Wildman–Crippen LogP) is 6.01. The Morgan fingerprint density at radius 3 is 1.27 bits per heavy atom. The van der Waals surface area contributed by atoms with Gasteiger partial charge in [0.15, 0.2) is 11.6 Å². The van der Waals surface area contributed by atoms with E-state index in [9.17, 15) is 4.79 Å². The SMILES string of the molecule is C=C(C)C(C)=O.C=C(C)C1(C)OCCO1.CC(C)=C(C)N.CC1(C2(C)OCCO2)OCCO1.Cc1csnc1C. The maximum absolute atomic E-state index is 10.0. The van der Waals surface area contributed by atoms with Crippen LogP contribution in [0.15, 0.2) is 41.0 Å². The summed E-state index contributed by atoms with van der Waals surface area (Å²) in [5.74, 6) is -1.90. The van der Waals surface area contributed by atoms with Crippen LogP contribution in [0.5, 0.6) is 0 Å². The molecule has 0 aliphatic carbocycles. The van der Waals surface area contributed by atoms with Crippen LogP contribution < -0.4 is 5.73 Å². The van der Waals surface area contributed by atoms with Gasteiger partial charge in [0.1, 0.15) is 0 Å². The lowest BCUT2D eigenvalue weighted by Crippen LogP contribution is -2.51. The molecule has 3 aliphatic heterocycles. The van der Waals surface area contributed by atoms with Crippen molar-refractivity contribution in [3.05, 3.63) is 52.2 Å². The van der Waals surface area contributed by atoms with Crippen LogP contribution in [-0.4, -0.2) is 67.2 Å². The molecular weight excluding hydrogens is 532 g/mol. The number of aryl methyl sites for hydroxylation is 2. The number of nitrogens with zero attached hydrogens (tertiary/aromatic N) is 1. The molecule has 0 aromatic carbocycles. The molecule has 3 saturated heterocycles. The van der Waals surface area contributed by atoms with Gasteiger partial charge in [-0.05, 0) is 104 Å². The lowest BCUT2D eigenvalue weighted by atomic mass is 10.1. The average molecular weight is 585 g/mol. The molecule has 3 aliphatic rings. The van der Waals surface area contributed by atoms with Crippen molar-refractivity contribution in [2.45, 2.75) is 93.5 Å². The maximum Gasteiger partial charge on any atom is 0.220 e. The van der Waals surface area contributed by atoms with Crippen LogP contribution in [0.1, 0.15) is 73.6 Å². The zero-order chi connectivity index (χ0) is 31.1. The van der Waals surface area contributed by atoms with E-state index in [0.717, 1.165) is 17.0 Å². The minimum absolute atomic E-state index is 0.0648. The van der Waals surface area contributed by atoms with E-state index in [0.29, 0.717) is 45.2 Å². The minimum atomic E-state index is -0.733. The lowest BCUT2D eigenvalue weighted by Gasteiger charge is -2.36. The highest BCUT2D eigenvalue weighted by molar-refractivity contribution is 7.03. The smallest absolute Gasteiger partial charge is 0.220 e. The number of rotatable bonds is 3. The second-order valence-electron chi connectivity index (χ2n) is 10.3. The molecule has 0 unspecified atom stereocenters. The Labute approximate surface area is 245 Å². The van der Waals surface area contributed by atoms with Gasteiger partial charge in [-0.3, -0.25) is 4.79 Å². The molecular formula is C30H52N2O7S. The van der Waals surface area contributed by atoms with E-state index in [4.69, 9.17) is 34.2 Å². The quantitative estimate of drug-likeness (QED) is 0.337. The first-order chi connectivity index (χ1) is 18.4. The zero-order valence-electron chi connectivity index (χ0n) is 26.5. The van der Waals surface area contributed by atoms with E-state index in [-0.39, 0.29) is 5.78 Å². The molecule has 9 nitrogen and oxygen atoms in total. The topological polar surface area (TPSA) is 111 Å². The van der Waals surface area contributed by atoms with Gasteiger partial charge in [-0.1, -0.05) is 18.7 Å². The average Bonchev–Trinajstić information content (AvgIpc) is 3.68. The molecule has 0 amide bonds. The standard InChI is InChI=1S/C8H14O4.C7H12O2.C5H7NS.C5H11N.C5H8O/c1-7(9-3-4-10-7)8(2)11-5-6-12-8;1-6(2)7(3)8-4-5-9-7;1-4-3-7-6-5(4)2;2*1-4(2)5(3)6/h3-6H2,1-2H3;1,4-5H2,2-3H3;3H,1-2H3;6H2,1-3H3;1H2,2-3H3. The number of hydrogen-bond acceptors (Lipinski definition) is 10. The number of allylic oxidation sites excluding steroid dienone is 3. The van der Waals surface area contributed by atoms with Gasteiger partial charge < -0.3 is 34.2 Å². The molecule has 1 aromatic rings. The van der Waals surface area contributed by atoms with Gasteiger partial charge >= 0.3 is 0 Å². The molecule has 0 radical (unpaired) electrons. The molecule has 0 saturated carbocycles. The van der Waals surface area contributed by atoms with Gasteiger partial charge in [0.2, 0.25) is 11.6 Å². The molecule has 2 N–H and O–H groups in total. The number of aromatic nitrogens is 1. The summed E-state index contributed by atoms with van der Waals surface area (Å²) in [5.41, 5.74) is 11.4. The summed E-state index contributed by atoms with van der Waals surface area (Å²) in [6.45, 7) is 31.7. The third kappa shape index (κ3) is 13.2. The highest BCUT2D eigenvalue weighted by atomic mass is 32.1. The lowest BCUT2D eigenvalue weighted by molar-refractivity contribution is -0.329. The van der Waals surface area contributed by atoms with E-state index < -0.39 is 17.4 Å². The normalized spacial score (nSPS) is 19.2. The fraction of sp³-hybridized carbons (Fsp3) is 0.667. The van der Waals surface area contributed by atoms with Crippen LogP contribution in [0.3, 0.4) is 0 Å².